The molecule has 0 aliphatic carbocycles. The number of carbonyl (C=O) groups is 1. The molecule has 4 rings (SSSR count). The Kier molecular flexibility index (Phi) is 5.71. The summed E-state index contributed by atoms with van der Waals surface area (Å²) in [7, 11) is 0. The van der Waals surface area contributed by atoms with E-state index >= 15 is 0 Å². The summed E-state index contributed by atoms with van der Waals surface area (Å²) < 4.78 is 0. The van der Waals surface area contributed by atoms with E-state index < -0.39 is 0 Å². The molecular weight excluding hydrogens is 352 g/mol. The molecule has 4 heterocycles. The van der Waals surface area contributed by atoms with Crippen molar-refractivity contribution in [1.29, 1.82) is 0 Å². The second-order valence-electron chi connectivity index (χ2n) is 8.06. The summed E-state index contributed by atoms with van der Waals surface area (Å²) in [5, 5.41) is 3.15. The lowest BCUT2D eigenvalue weighted by Gasteiger charge is -2.33. The van der Waals surface area contributed by atoms with Crippen LogP contribution in [0.4, 0.5) is 5.69 Å². The minimum absolute atomic E-state index is 0.0360. The van der Waals surface area contributed by atoms with Gasteiger partial charge in [0, 0.05) is 26.2 Å². The number of amides is 1. The van der Waals surface area contributed by atoms with Gasteiger partial charge < -0.3 is 15.1 Å². The van der Waals surface area contributed by atoms with Crippen LogP contribution in [-0.4, -0.2) is 65.0 Å². The number of nitrogens with zero attached hydrogens (tertiary/aromatic N) is 5. The zero-order chi connectivity index (χ0) is 19.5. The van der Waals surface area contributed by atoms with E-state index in [-0.39, 0.29) is 11.8 Å². The fourth-order valence-corrected chi connectivity index (χ4v) is 4.19. The summed E-state index contributed by atoms with van der Waals surface area (Å²) in [4.78, 5) is 31.0. The van der Waals surface area contributed by atoms with Crippen molar-refractivity contribution in [3.8, 4) is 0 Å². The molecular formula is C21H30N6O. The monoisotopic (exact) mass is 382 g/mol. The number of aryl methyl sites for hydroxylation is 2. The van der Waals surface area contributed by atoms with Gasteiger partial charge in [0.2, 0.25) is 5.91 Å². The zero-order valence-electron chi connectivity index (χ0n) is 16.9. The highest BCUT2D eigenvalue weighted by Crippen LogP contribution is 2.25. The smallest absolute Gasteiger partial charge is 0.224 e. The van der Waals surface area contributed by atoms with E-state index in [1.54, 1.807) is 0 Å². The van der Waals surface area contributed by atoms with E-state index in [9.17, 15) is 4.79 Å². The van der Waals surface area contributed by atoms with Gasteiger partial charge in [0.15, 0.2) is 5.65 Å². The van der Waals surface area contributed by atoms with Crippen LogP contribution >= 0.6 is 0 Å². The van der Waals surface area contributed by atoms with Crippen LogP contribution in [0.15, 0.2) is 12.3 Å². The number of anilines is 1. The molecule has 0 saturated carbocycles. The Bertz CT molecular complexity index is 848. The summed E-state index contributed by atoms with van der Waals surface area (Å²) >= 11 is 0. The number of nitrogens with one attached hydrogen (secondary N) is 1. The molecule has 2 aliphatic rings. The second-order valence-corrected chi connectivity index (χ2v) is 8.06. The zero-order valence-corrected chi connectivity index (χ0v) is 16.9. The summed E-state index contributed by atoms with van der Waals surface area (Å²) in [6.07, 6.45) is 6.40. The molecule has 28 heavy (non-hydrogen) atoms. The van der Waals surface area contributed by atoms with Crippen molar-refractivity contribution in [3.05, 3.63) is 23.7 Å². The van der Waals surface area contributed by atoms with Gasteiger partial charge in [0.25, 0.3) is 0 Å². The fourth-order valence-electron chi connectivity index (χ4n) is 4.19. The third-order valence-electron chi connectivity index (χ3n) is 6.00. The van der Waals surface area contributed by atoms with E-state index in [1.807, 2.05) is 20.0 Å². The molecule has 1 N–H and O–H groups in total. The summed E-state index contributed by atoms with van der Waals surface area (Å²) in [5.41, 5.74) is 4.37. The molecule has 1 amide bonds. The van der Waals surface area contributed by atoms with Gasteiger partial charge in [0.05, 0.1) is 29.2 Å². The first-order valence-corrected chi connectivity index (χ1v) is 10.5. The van der Waals surface area contributed by atoms with E-state index in [2.05, 4.69) is 36.1 Å². The van der Waals surface area contributed by atoms with Crippen molar-refractivity contribution in [2.45, 2.75) is 39.5 Å². The summed E-state index contributed by atoms with van der Waals surface area (Å²) in [5.74, 6) is 0.220. The predicted molar refractivity (Wildman–Crippen MR) is 110 cm³/mol. The highest BCUT2D eigenvalue weighted by Gasteiger charge is 2.26. The van der Waals surface area contributed by atoms with Crippen LogP contribution in [0.25, 0.3) is 11.2 Å². The lowest BCUT2D eigenvalue weighted by molar-refractivity contribution is -0.125. The first kappa shape index (κ1) is 19.1. The average molecular weight is 383 g/mol. The van der Waals surface area contributed by atoms with Gasteiger partial charge >= 0.3 is 0 Å². The number of carbonyl (C=O) groups excluding carboxylic acids is 1. The van der Waals surface area contributed by atoms with E-state index in [0.717, 1.165) is 61.6 Å². The predicted octanol–water partition coefficient (Wildman–Crippen LogP) is 2.07. The topological polar surface area (TPSA) is 74.2 Å². The van der Waals surface area contributed by atoms with Gasteiger partial charge in [-0.1, -0.05) is 0 Å². The van der Waals surface area contributed by atoms with Crippen LogP contribution < -0.4 is 10.2 Å². The lowest BCUT2D eigenvalue weighted by atomic mass is 9.96. The molecule has 2 aromatic heterocycles. The SMILES string of the molecule is Cc1nc2cc(N3CCCC(C(=O)NCCN4CCCC4)C3)cnc2nc1C. The van der Waals surface area contributed by atoms with Crippen LogP contribution in [0.5, 0.6) is 0 Å². The minimum atomic E-state index is 0.0360. The maximum atomic E-state index is 12.6. The largest absolute Gasteiger partial charge is 0.369 e. The number of hydrogen-bond acceptors (Lipinski definition) is 6. The van der Waals surface area contributed by atoms with Crippen molar-refractivity contribution in [1.82, 2.24) is 25.2 Å². The molecule has 2 aliphatic heterocycles. The van der Waals surface area contributed by atoms with Crippen molar-refractivity contribution in [2.24, 2.45) is 5.92 Å². The number of pyridine rings is 1. The second kappa shape index (κ2) is 8.39. The summed E-state index contributed by atoms with van der Waals surface area (Å²) in [6, 6.07) is 2.05. The normalized spacial score (nSPS) is 20.6. The molecule has 7 nitrogen and oxygen atoms in total. The van der Waals surface area contributed by atoms with Gasteiger partial charge in [-0.25, -0.2) is 15.0 Å². The maximum absolute atomic E-state index is 12.6. The number of piperidine rings is 1. The fraction of sp³-hybridized carbons (Fsp3) is 0.619. The Hall–Kier alpha value is -2.28. The minimum Gasteiger partial charge on any atom is -0.369 e. The Morgan fingerprint density at radius 2 is 1.93 bits per heavy atom. The Morgan fingerprint density at radius 3 is 2.75 bits per heavy atom. The Morgan fingerprint density at radius 1 is 1.14 bits per heavy atom. The third-order valence-corrected chi connectivity index (χ3v) is 6.00. The van der Waals surface area contributed by atoms with Crippen molar-refractivity contribution >= 4 is 22.8 Å². The first-order valence-electron chi connectivity index (χ1n) is 10.5. The number of hydrogen-bond donors (Lipinski definition) is 1. The van der Waals surface area contributed by atoms with Crippen LogP contribution in [0.3, 0.4) is 0 Å². The first-order chi connectivity index (χ1) is 13.6. The molecule has 1 atom stereocenters. The highest BCUT2D eigenvalue weighted by atomic mass is 16.1. The average Bonchev–Trinajstić information content (AvgIpc) is 3.22. The highest BCUT2D eigenvalue weighted by molar-refractivity contribution is 5.80. The molecule has 2 fully saturated rings. The number of likely N-dealkylation sites (tertiary alicyclic amines) is 1. The van der Waals surface area contributed by atoms with Gasteiger partial charge in [0.1, 0.15) is 5.52 Å². The van der Waals surface area contributed by atoms with Crippen molar-refractivity contribution < 1.29 is 4.79 Å². The van der Waals surface area contributed by atoms with Gasteiger partial charge in [-0.3, -0.25) is 4.79 Å². The maximum Gasteiger partial charge on any atom is 0.224 e. The van der Waals surface area contributed by atoms with Gasteiger partial charge in [-0.15, -0.1) is 0 Å². The molecule has 2 saturated heterocycles. The van der Waals surface area contributed by atoms with E-state index in [1.165, 1.54) is 25.9 Å². The molecule has 150 valence electrons. The van der Waals surface area contributed by atoms with Crippen molar-refractivity contribution in [3.63, 3.8) is 0 Å². The van der Waals surface area contributed by atoms with Gasteiger partial charge in [-0.05, 0) is 58.7 Å². The molecule has 0 aromatic carbocycles. The Labute approximate surface area is 166 Å². The number of fused-ring (bicyclic) bond motifs is 1. The van der Waals surface area contributed by atoms with Crippen LogP contribution in [0.2, 0.25) is 0 Å². The lowest BCUT2D eigenvalue weighted by Crippen LogP contribution is -2.44. The van der Waals surface area contributed by atoms with E-state index in [4.69, 9.17) is 0 Å². The third kappa shape index (κ3) is 4.24. The van der Waals surface area contributed by atoms with Crippen molar-refractivity contribution in [2.75, 3.05) is 44.2 Å². The molecule has 1 unspecified atom stereocenters. The number of aromatic nitrogens is 3. The molecule has 0 spiro atoms. The standard InChI is InChI=1S/C21H30N6O/c1-15-16(2)25-20-19(24-15)12-18(13-23-20)27-10-5-6-17(14-27)21(28)22-7-11-26-8-3-4-9-26/h12-13,17H,3-11,14H2,1-2H3,(H,22,28). The number of rotatable bonds is 5. The Balaban J connectivity index is 1.38. The van der Waals surface area contributed by atoms with E-state index in [0.29, 0.717) is 5.65 Å². The molecule has 7 heteroatoms. The summed E-state index contributed by atoms with van der Waals surface area (Å²) in [6.45, 7) is 9.67. The molecule has 0 bridgehead atoms. The molecule has 2 aromatic rings. The van der Waals surface area contributed by atoms with Crippen LogP contribution in [0, 0.1) is 19.8 Å². The van der Waals surface area contributed by atoms with Gasteiger partial charge in [-0.2, -0.15) is 0 Å². The quantitative estimate of drug-likeness (QED) is 0.853. The molecule has 0 radical (unpaired) electrons. The van der Waals surface area contributed by atoms with Crippen LogP contribution in [-0.2, 0) is 4.79 Å². The van der Waals surface area contributed by atoms with Crippen LogP contribution in [0.1, 0.15) is 37.1 Å².